The average molecular weight is 266 g/mol. The molecule has 1 heterocycles. The van der Waals surface area contributed by atoms with Gasteiger partial charge in [0, 0.05) is 37.1 Å². The predicted octanol–water partition coefficient (Wildman–Crippen LogP) is 0.619. The van der Waals surface area contributed by atoms with Crippen molar-refractivity contribution in [3.8, 4) is 23.7 Å². The molecule has 20 heavy (non-hydrogen) atoms. The van der Waals surface area contributed by atoms with Gasteiger partial charge in [-0.1, -0.05) is 11.8 Å². The lowest BCUT2D eigenvalue weighted by Crippen LogP contribution is -2.18. The van der Waals surface area contributed by atoms with Crippen LogP contribution in [0, 0.1) is 29.6 Å². The normalized spacial score (nSPS) is 16.9. The number of carbonyl (C=O) groups excluding carboxylic acids is 2. The Bertz CT molecular complexity index is 654. The third kappa shape index (κ3) is 3.40. The van der Waals surface area contributed by atoms with Crippen LogP contribution in [-0.2, 0) is 4.79 Å². The van der Waals surface area contributed by atoms with E-state index in [0.717, 1.165) is 5.56 Å². The van der Waals surface area contributed by atoms with Crippen LogP contribution in [0.5, 0.6) is 0 Å². The third-order valence-electron chi connectivity index (χ3n) is 3.06. The minimum Gasteiger partial charge on any atom is -0.366 e. The lowest BCUT2D eigenvalue weighted by atomic mass is 10.1. The summed E-state index contributed by atoms with van der Waals surface area (Å²) < 4.78 is 0. The average Bonchev–Trinajstić information content (AvgIpc) is 2.74. The fraction of sp³-hybridized carbons (Fsp3) is 0.250. The Morgan fingerprint density at radius 2 is 2.00 bits per heavy atom. The molecule has 1 atom stereocenters. The summed E-state index contributed by atoms with van der Waals surface area (Å²) in [6.07, 6.45) is 0.471. The van der Waals surface area contributed by atoms with Gasteiger partial charge in [0.2, 0.25) is 11.8 Å². The van der Waals surface area contributed by atoms with Crippen LogP contribution < -0.4 is 5.73 Å². The van der Waals surface area contributed by atoms with Gasteiger partial charge in [-0.05, 0) is 36.1 Å². The van der Waals surface area contributed by atoms with Gasteiger partial charge in [0.1, 0.15) is 0 Å². The first kappa shape index (κ1) is 13.7. The van der Waals surface area contributed by atoms with Crippen LogP contribution in [0.1, 0.15) is 22.3 Å². The number of likely N-dealkylation sites (tertiary alicyclic amines) is 1. The monoisotopic (exact) mass is 266 g/mol. The van der Waals surface area contributed by atoms with Gasteiger partial charge < -0.3 is 10.6 Å². The SMILES string of the molecule is CN1CC(C#CC#Cc2ccc(C(N)=O)cc2)CC1=O. The molecule has 100 valence electrons. The minimum absolute atomic E-state index is 0.0686. The molecule has 0 spiro atoms. The van der Waals surface area contributed by atoms with Gasteiger partial charge in [-0.3, -0.25) is 9.59 Å². The van der Waals surface area contributed by atoms with Gasteiger partial charge in [0.05, 0.1) is 0 Å². The molecule has 2 amide bonds. The molecule has 1 aliphatic rings. The smallest absolute Gasteiger partial charge is 0.248 e. The highest BCUT2D eigenvalue weighted by molar-refractivity contribution is 5.92. The van der Waals surface area contributed by atoms with Crippen LogP contribution in [0.25, 0.3) is 0 Å². The van der Waals surface area contributed by atoms with E-state index in [4.69, 9.17) is 5.73 Å². The van der Waals surface area contributed by atoms with Crippen molar-refractivity contribution in [1.29, 1.82) is 0 Å². The molecule has 1 aromatic rings. The van der Waals surface area contributed by atoms with Crippen LogP contribution in [0.2, 0.25) is 0 Å². The van der Waals surface area contributed by atoms with Crippen molar-refractivity contribution < 1.29 is 9.59 Å². The van der Waals surface area contributed by atoms with Gasteiger partial charge >= 0.3 is 0 Å². The van der Waals surface area contributed by atoms with E-state index in [1.54, 1.807) is 36.2 Å². The van der Waals surface area contributed by atoms with Crippen molar-refractivity contribution in [3.63, 3.8) is 0 Å². The maximum Gasteiger partial charge on any atom is 0.248 e. The highest BCUT2D eigenvalue weighted by atomic mass is 16.2. The molecule has 0 bridgehead atoms. The molecule has 1 unspecified atom stereocenters. The molecule has 0 radical (unpaired) electrons. The first-order valence-corrected chi connectivity index (χ1v) is 6.21. The molecular weight excluding hydrogens is 252 g/mol. The number of primary amides is 1. The number of amides is 2. The van der Waals surface area contributed by atoms with E-state index in [9.17, 15) is 9.59 Å². The van der Waals surface area contributed by atoms with Gasteiger partial charge in [-0.15, -0.1) is 0 Å². The Morgan fingerprint density at radius 3 is 2.55 bits per heavy atom. The number of nitrogens with zero attached hydrogens (tertiary/aromatic N) is 1. The van der Waals surface area contributed by atoms with Crippen LogP contribution in [0.4, 0.5) is 0 Å². The van der Waals surface area contributed by atoms with Crippen LogP contribution in [0.3, 0.4) is 0 Å². The van der Waals surface area contributed by atoms with Gasteiger partial charge in [-0.2, -0.15) is 0 Å². The first-order valence-electron chi connectivity index (χ1n) is 6.21. The van der Waals surface area contributed by atoms with Crippen molar-refractivity contribution in [2.45, 2.75) is 6.42 Å². The molecule has 1 fully saturated rings. The van der Waals surface area contributed by atoms with Crippen molar-refractivity contribution in [2.75, 3.05) is 13.6 Å². The second kappa shape index (κ2) is 5.95. The summed E-state index contributed by atoms with van der Waals surface area (Å²) in [6.45, 7) is 0.667. The molecule has 1 aromatic carbocycles. The highest BCUT2D eigenvalue weighted by Gasteiger charge is 2.24. The lowest BCUT2D eigenvalue weighted by molar-refractivity contribution is -0.126. The zero-order valence-electron chi connectivity index (χ0n) is 11.1. The van der Waals surface area contributed by atoms with Crippen LogP contribution in [0.15, 0.2) is 24.3 Å². The summed E-state index contributed by atoms with van der Waals surface area (Å²) in [5.74, 6) is 11.1. The van der Waals surface area contributed by atoms with Crippen molar-refractivity contribution >= 4 is 11.8 Å². The molecule has 4 nitrogen and oxygen atoms in total. The third-order valence-corrected chi connectivity index (χ3v) is 3.06. The summed E-state index contributed by atoms with van der Waals surface area (Å²) in [4.78, 5) is 23.9. The van der Waals surface area contributed by atoms with Crippen molar-refractivity contribution in [1.82, 2.24) is 4.90 Å². The van der Waals surface area contributed by atoms with Gasteiger partial charge in [0.15, 0.2) is 0 Å². The van der Waals surface area contributed by atoms with E-state index in [1.807, 2.05) is 0 Å². The quantitative estimate of drug-likeness (QED) is 0.757. The zero-order valence-corrected chi connectivity index (χ0v) is 11.1. The number of hydrogen-bond donors (Lipinski definition) is 1. The highest BCUT2D eigenvalue weighted by Crippen LogP contribution is 2.14. The second-order valence-corrected chi connectivity index (χ2v) is 4.64. The fourth-order valence-corrected chi connectivity index (χ4v) is 1.92. The summed E-state index contributed by atoms with van der Waals surface area (Å²) in [6, 6.07) is 6.71. The number of rotatable bonds is 1. The van der Waals surface area contributed by atoms with Gasteiger partial charge in [-0.25, -0.2) is 0 Å². The van der Waals surface area contributed by atoms with E-state index >= 15 is 0 Å². The molecule has 4 heteroatoms. The zero-order chi connectivity index (χ0) is 14.5. The summed E-state index contributed by atoms with van der Waals surface area (Å²) in [5.41, 5.74) is 6.37. The van der Waals surface area contributed by atoms with Gasteiger partial charge in [0.25, 0.3) is 0 Å². The van der Waals surface area contributed by atoms with Crippen molar-refractivity contribution in [2.24, 2.45) is 11.7 Å². The Hall–Kier alpha value is -2.72. The minimum atomic E-state index is -0.459. The van der Waals surface area contributed by atoms with Crippen molar-refractivity contribution in [3.05, 3.63) is 35.4 Å². The number of hydrogen-bond acceptors (Lipinski definition) is 2. The largest absolute Gasteiger partial charge is 0.366 e. The number of benzene rings is 1. The Kier molecular flexibility index (Phi) is 4.08. The van der Waals surface area contributed by atoms with E-state index in [-0.39, 0.29) is 11.8 Å². The predicted molar refractivity (Wildman–Crippen MR) is 75.4 cm³/mol. The van der Waals surface area contributed by atoms with E-state index < -0.39 is 5.91 Å². The fourth-order valence-electron chi connectivity index (χ4n) is 1.92. The number of nitrogens with two attached hydrogens (primary N) is 1. The summed E-state index contributed by atoms with van der Waals surface area (Å²) in [5, 5.41) is 0. The molecule has 0 saturated carbocycles. The van der Waals surface area contributed by atoms with E-state index in [0.29, 0.717) is 18.5 Å². The maximum atomic E-state index is 11.3. The summed E-state index contributed by atoms with van der Waals surface area (Å²) in [7, 11) is 1.77. The maximum absolute atomic E-state index is 11.3. The number of carbonyl (C=O) groups is 2. The first-order chi connectivity index (χ1) is 9.56. The molecule has 0 aromatic heterocycles. The molecule has 2 N–H and O–H groups in total. The molecule has 2 rings (SSSR count). The summed E-state index contributed by atoms with van der Waals surface area (Å²) >= 11 is 0. The molecule has 1 aliphatic heterocycles. The Labute approximate surface area is 117 Å². The topological polar surface area (TPSA) is 63.4 Å². The van der Waals surface area contributed by atoms with Crippen LogP contribution >= 0.6 is 0 Å². The lowest BCUT2D eigenvalue weighted by Gasteiger charge is -2.04. The van der Waals surface area contributed by atoms with E-state index in [1.165, 1.54) is 0 Å². The standard InChI is InChI=1S/C16H14N2O2/c1-18-11-13(10-15(18)19)5-3-2-4-12-6-8-14(9-7-12)16(17)20/h6-9,13H,10-11H2,1H3,(H2,17,20). The molecule has 0 aliphatic carbocycles. The Balaban J connectivity index is 1.98. The molecular formula is C16H14N2O2. The second-order valence-electron chi connectivity index (χ2n) is 4.64. The van der Waals surface area contributed by atoms with Crippen LogP contribution in [-0.4, -0.2) is 30.3 Å². The Morgan fingerprint density at radius 1 is 1.30 bits per heavy atom. The van der Waals surface area contributed by atoms with E-state index in [2.05, 4.69) is 23.7 Å². The molecule has 1 saturated heterocycles.